The standard InChI is InChI=1S/C38H67O11P/c1-4-5-25-34(40)26-21-17-12-10-8-6-7-9-11-13-19-23-28-38(43)49-36(32-48-50(44,45)47-30-35(41)29-39)31-46-37(42)27-22-18-15-14-16-20-24-33(2)3/h6-7,10-13,21,26,33-36,39-41H,4-5,8-9,14-20,22-25,27-32H2,1-3H3,(H,44,45)/b7-6-,12-10-,13-11-,26-21-/t34-,35+,36-/m1/s1. The zero-order valence-corrected chi connectivity index (χ0v) is 31.8. The normalized spacial score (nSPS) is 15.4. The Hall–Kier alpha value is -2.11. The lowest BCUT2D eigenvalue weighted by Gasteiger charge is -2.20. The molecule has 0 bridgehead atoms. The number of unbranched alkanes of at least 4 members (excludes halogenated alkanes) is 7. The maximum absolute atomic E-state index is 12.5. The molecule has 50 heavy (non-hydrogen) atoms. The smallest absolute Gasteiger partial charge is 0.462 e. The average molecular weight is 731 g/mol. The molecular formula is C38H67O11P. The van der Waals surface area contributed by atoms with Gasteiger partial charge in [0.1, 0.15) is 12.7 Å². The molecule has 0 spiro atoms. The van der Waals surface area contributed by atoms with Crippen LogP contribution in [0.3, 0.4) is 0 Å². The minimum Gasteiger partial charge on any atom is -0.462 e. The second-order valence-electron chi connectivity index (χ2n) is 12.9. The highest BCUT2D eigenvalue weighted by Gasteiger charge is 2.27. The molecule has 0 aliphatic rings. The molecule has 4 atom stereocenters. The third-order valence-electron chi connectivity index (χ3n) is 7.48. The Morgan fingerprint density at radius 3 is 1.92 bits per heavy atom. The Bertz CT molecular complexity index is 1010. The summed E-state index contributed by atoms with van der Waals surface area (Å²) in [6.07, 6.45) is 27.5. The minimum atomic E-state index is -4.63. The van der Waals surface area contributed by atoms with E-state index < -0.39 is 51.8 Å². The molecule has 0 radical (unpaired) electrons. The van der Waals surface area contributed by atoms with Crippen LogP contribution in [-0.2, 0) is 32.7 Å². The molecule has 12 heteroatoms. The predicted octanol–water partition coefficient (Wildman–Crippen LogP) is 7.82. The Morgan fingerprint density at radius 1 is 0.700 bits per heavy atom. The third kappa shape index (κ3) is 33.1. The maximum Gasteiger partial charge on any atom is 0.472 e. The van der Waals surface area contributed by atoms with Crippen molar-refractivity contribution in [3.63, 3.8) is 0 Å². The summed E-state index contributed by atoms with van der Waals surface area (Å²) in [7, 11) is -4.63. The molecule has 0 amide bonds. The summed E-state index contributed by atoms with van der Waals surface area (Å²) in [4.78, 5) is 34.7. The number of aliphatic hydroxyl groups is 3. The fourth-order valence-electron chi connectivity index (χ4n) is 4.54. The number of phosphoric acid groups is 1. The molecule has 4 N–H and O–H groups in total. The van der Waals surface area contributed by atoms with Crippen molar-refractivity contribution in [3.8, 4) is 0 Å². The minimum absolute atomic E-state index is 0.0899. The summed E-state index contributed by atoms with van der Waals surface area (Å²) in [5.74, 6) is -0.312. The van der Waals surface area contributed by atoms with Crippen molar-refractivity contribution in [2.45, 2.75) is 148 Å². The molecule has 0 saturated heterocycles. The SMILES string of the molecule is CCCC[C@@H](O)/C=C\C/C=C\C/C=C\C/C=C\CCCC(=O)O[C@H](COC(=O)CCCCCCCCC(C)C)COP(=O)(O)OC[C@@H](O)CO. The lowest BCUT2D eigenvalue weighted by Crippen LogP contribution is -2.29. The van der Waals surface area contributed by atoms with Gasteiger partial charge in [0.2, 0.25) is 0 Å². The van der Waals surface area contributed by atoms with Gasteiger partial charge < -0.3 is 29.7 Å². The Balaban J connectivity index is 4.52. The molecule has 0 fully saturated rings. The van der Waals surface area contributed by atoms with Crippen LogP contribution in [0, 0.1) is 5.92 Å². The third-order valence-corrected chi connectivity index (χ3v) is 8.44. The Labute approximate surface area is 301 Å². The van der Waals surface area contributed by atoms with Crippen LogP contribution in [0.15, 0.2) is 48.6 Å². The van der Waals surface area contributed by atoms with E-state index in [1.165, 1.54) is 19.3 Å². The van der Waals surface area contributed by atoms with Gasteiger partial charge in [0.05, 0.1) is 25.9 Å². The molecule has 11 nitrogen and oxygen atoms in total. The van der Waals surface area contributed by atoms with Gasteiger partial charge in [0, 0.05) is 12.8 Å². The molecule has 0 aromatic carbocycles. The van der Waals surface area contributed by atoms with E-state index in [0.29, 0.717) is 25.2 Å². The Morgan fingerprint density at radius 2 is 1.28 bits per heavy atom. The second kappa shape index (κ2) is 32.8. The van der Waals surface area contributed by atoms with E-state index in [4.69, 9.17) is 19.1 Å². The molecule has 0 rings (SSSR count). The molecule has 290 valence electrons. The highest BCUT2D eigenvalue weighted by Crippen LogP contribution is 2.43. The van der Waals surface area contributed by atoms with Gasteiger partial charge in [-0.15, -0.1) is 0 Å². The zero-order valence-electron chi connectivity index (χ0n) is 30.9. The van der Waals surface area contributed by atoms with Gasteiger partial charge in [-0.25, -0.2) is 4.57 Å². The first-order chi connectivity index (χ1) is 24.0. The topological polar surface area (TPSA) is 169 Å². The molecular weight excluding hydrogens is 663 g/mol. The monoisotopic (exact) mass is 730 g/mol. The van der Waals surface area contributed by atoms with Crippen molar-refractivity contribution < 1.29 is 52.9 Å². The number of aliphatic hydroxyl groups excluding tert-OH is 3. The van der Waals surface area contributed by atoms with Crippen molar-refractivity contribution in [2.75, 3.05) is 26.4 Å². The van der Waals surface area contributed by atoms with Crippen molar-refractivity contribution in [3.05, 3.63) is 48.6 Å². The van der Waals surface area contributed by atoms with Crippen LogP contribution < -0.4 is 0 Å². The number of carbonyl (C=O) groups is 2. The number of ether oxygens (including phenoxy) is 2. The highest BCUT2D eigenvalue weighted by molar-refractivity contribution is 7.47. The molecule has 0 aromatic rings. The first-order valence-electron chi connectivity index (χ1n) is 18.5. The van der Waals surface area contributed by atoms with Crippen LogP contribution >= 0.6 is 7.82 Å². The lowest BCUT2D eigenvalue weighted by molar-refractivity contribution is -0.161. The largest absolute Gasteiger partial charge is 0.472 e. The van der Waals surface area contributed by atoms with Crippen molar-refractivity contribution in [1.29, 1.82) is 0 Å². The van der Waals surface area contributed by atoms with Gasteiger partial charge in [-0.2, -0.15) is 0 Å². The van der Waals surface area contributed by atoms with Gasteiger partial charge in [-0.05, 0) is 50.9 Å². The van der Waals surface area contributed by atoms with E-state index in [-0.39, 0.29) is 25.6 Å². The summed E-state index contributed by atoms with van der Waals surface area (Å²) in [6, 6.07) is 0. The van der Waals surface area contributed by atoms with Gasteiger partial charge in [-0.3, -0.25) is 18.6 Å². The number of hydrogen-bond acceptors (Lipinski definition) is 10. The van der Waals surface area contributed by atoms with Crippen LogP contribution in [-0.4, -0.2) is 76.9 Å². The van der Waals surface area contributed by atoms with Gasteiger partial charge >= 0.3 is 19.8 Å². The maximum atomic E-state index is 12.5. The summed E-state index contributed by atoms with van der Waals surface area (Å²) in [5.41, 5.74) is 0. The van der Waals surface area contributed by atoms with Gasteiger partial charge in [0.25, 0.3) is 0 Å². The molecule has 0 saturated carbocycles. The Kier molecular flexibility index (Phi) is 31.4. The number of esters is 2. The van der Waals surface area contributed by atoms with Gasteiger partial charge in [0.15, 0.2) is 6.10 Å². The molecule has 1 unspecified atom stereocenters. The molecule has 0 aromatic heterocycles. The van der Waals surface area contributed by atoms with E-state index in [9.17, 15) is 29.3 Å². The fourth-order valence-corrected chi connectivity index (χ4v) is 5.33. The molecule has 0 heterocycles. The van der Waals surface area contributed by atoms with E-state index >= 15 is 0 Å². The summed E-state index contributed by atoms with van der Waals surface area (Å²) < 4.78 is 32.4. The number of phosphoric ester groups is 1. The van der Waals surface area contributed by atoms with Gasteiger partial charge in [-0.1, -0.05) is 121 Å². The second-order valence-corrected chi connectivity index (χ2v) is 14.3. The van der Waals surface area contributed by atoms with Crippen molar-refractivity contribution in [1.82, 2.24) is 0 Å². The molecule has 0 aliphatic carbocycles. The van der Waals surface area contributed by atoms with Crippen LogP contribution in [0.2, 0.25) is 0 Å². The summed E-state index contributed by atoms with van der Waals surface area (Å²) in [5, 5.41) is 28.0. The summed E-state index contributed by atoms with van der Waals surface area (Å²) in [6.45, 7) is 4.33. The van der Waals surface area contributed by atoms with E-state index in [2.05, 4.69) is 49.6 Å². The first-order valence-corrected chi connectivity index (χ1v) is 20.0. The quantitative estimate of drug-likeness (QED) is 0.0225. The number of allylic oxidation sites excluding steroid dienone is 7. The number of hydrogen-bond donors (Lipinski definition) is 4. The lowest BCUT2D eigenvalue weighted by atomic mass is 10.0. The summed E-state index contributed by atoms with van der Waals surface area (Å²) >= 11 is 0. The number of carbonyl (C=O) groups excluding carboxylic acids is 2. The van der Waals surface area contributed by atoms with E-state index in [0.717, 1.165) is 57.8 Å². The van der Waals surface area contributed by atoms with E-state index in [1.54, 1.807) is 0 Å². The fraction of sp³-hybridized carbons (Fsp3) is 0.737. The van der Waals surface area contributed by atoms with Crippen molar-refractivity contribution in [2.24, 2.45) is 5.92 Å². The van der Waals surface area contributed by atoms with Crippen LogP contribution in [0.5, 0.6) is 0 Å². The van der Waals surface area contributed by atoms with Crippen LogP contribution in [0.25, 0.3) is 0 Å². The zero-order chi connectivity index (χ0) is 37.3. The highest BCUT2D eigenvalue weighted by atomic mass is 31.2. The molecule has 0 aliphatic heterocycles. The number of rotatable bonds is 33. The van der Waals surface area contributed by atoms with Crippen LogP contribution in [0.4, 0.5) is 0 Å². The predicted molar refractivity (Wildman–Crippen MR) is 197 cm³/mol. The first kappa shape index (κ1) is 47.9. The van der Waals surface area contributed by atoms with Crippen molar-refractivity contribution >= 4 is 19.8 Å². The van der Waals surface area contributed by atoms with E-state index in [1.807, 2.05) is 24.3 Å². The van der Waals surface area contributed by atoms with Crippen LogP contribution in [0.1, 0.15) is 130 Å². The average Bonchev–Trinajstić information content (AvgIpc) is 3.08.